The highest BCUT2D eigenvalue weighted by Crippen LogP contribution is 2.39. The molecule has 7 heteroatoms. The summed E-state index contributed by atoms with van der Waals surface area (Å²) >= 11 is 0. The van der Waals surface area contributed by atoms with Crippen LogP contribution in [0.3, 0.4) is 0 Å². The van der Waals surface area contributed by atoms with Gasteiger partial charge in [-0.2, -0.15) is 0 Å². The quantitative estimate of drug-likeness (QED) is 0.606. The maximum absolute atomic E-state index is 12.3. The van der Waals surface area contributed by atoms with E-state index in [9.17, 15) is 9.59 Å². The zero-order chi connectivity index (χ0) is 19.5. The van der Waals surface area contributed by atoms with Gasteiger partial charge in [-0.05, 0) is 46.2 Å². The fraction of sp³-hybridized carbons (Fsp3) is 0.579. The van der Waals surface area contributed by atoms with Crippen LogP contribution in [-0.2, 0) is 9.53 Å². The van der Waals surface area contributed by atoms with Gasteiger partial charge >= 0.3 is 5.97 Å². The molecule has 1 aromatic carbocycles. The van der Waals surface area contributed by atoms with E-state index >= 15 is 0 Å². The maximum atomic E-state index is 12.3. The van der Waals surface area contributed by atoms with E-state index in [0.29, 0.717) is 37.1 Å². The highest BCUT2D eigenvalue weighted by atomic mass is 16.5. The second-order valence-electron chi connectivity index (χ2n) is 5.55. The van der Waals surface area contributed by atoms with Crippen LogP contribution in [0.15, 0.2) is 12.1 Å². The predicted octanol–water partition coefficient (Wildman–Crippen LogP) is 2.95. The fourth-order valence-corrected chi connectivity index (χ4v) is 2.14. The standard InChI is InChI=1S/C19H29NO6/c1-6-13(5)20-17(21)12-26-19(22)14-10-15(23-7-2)18(25-9-4)16(11-14)24-8-3/h10-11,13H,6-9,12H2,1-5H3,(H,20,21)/t13-/m0/s1. The molecule has 0 spiro atoms. The van der Waals surface area contributed by atoms with Crippen molar-refractivity contribution < 1.29 is 28.5 Å². The van der Waals surface area contributed by atoms with Gasteiger partial charge in [0.25, 0.3) is 5.91 Å². The number of benzene rings is 1. The molecule has 26 heavy (non-hydrogen) atoms. The lowest BCUT2D eigenvalue weighted by Crippen LogP contribution is -2.35. The Kier molecular flexibility index (Phi) is 9.33. The van der Waals surface area contributed by atoms with E-state index in [1.807, 2.05) is 34.6 Å². The maximum Gasteiger partial charge on any atom is 0.338 e. The minimum atomic E-state index is -0.630. The molecule has 7 nitrogen and oxygen atoms in total. The third kappa shape index (κ3) is 6.46. The van der Waals surface area contributed by atoms with E-state index < -0.39 is 5.97 Å². The van der Waals surface area contributed by atoms with Gasteiger partial charge in [0.2, 0.25) is 5.75 Å². The van der Waals surface area contributed by atoms with Crippen molar-refractivity contribution in [2.24, 2.45) is 0 Å². The molecular weight excluding hydrogens is 338 g/mol. The second kappa shape index (κ2) is 11.2. The molecule has 0 aliphatic heterocycles. The van der Waals surface area contributed by atoms with Crippen molar-refractivity contribution in [2.75, 3.05) is 26.4 Å². The highest BCUT2D eigenvalue weighted by molar-refractivity contribution is 5.92. The summed E-state index contributed by atoms with van der Waals surface area (Å²) in [5.41, 5.74) is 0.233. The summed E-state index contributed by atoms with van der Waals surface area (Å²) in [4.78, 5) is 24.1. The predicted molar refractivity (Wildman–Crippen MR) is 98.1 cm³/mol. The van der Waals surface area contributed by atoms with E-state index in [4.69, 9.17) is 18.9 Å². The van der Waals surface area contributed by atoms with Crippen LogP contribution in [0.2, 0.25) is 0 Å². The van der Waals surface area contributed by atoms with Crippen molar-refractivity contribution in [1.82, 2.24) is 5.32 Å². The van der Waals surface area contributed by atoms with Crippen molar-refractivity contribution in [1.29, 1.82) is 0 Å². The number of esters is 1. The molecule has 0 radical (unpaired) electrons. The zero-order valence-electron chi connectivity index (χ0n) is 16.2. The Balaban J connectivity index is 2.96. The molecule has 0 bridgehead atoms. The number of carbonyl (C=O) groups excluding carboxylic acids is 2. The monoisotopic (exact) mass is 367 g/mol. The van der Waals surface area contributed by atoms with Gasteiger partial charge in [-0.25, -0.2) is 4.79 Å². The zero-order valence-corrected chi connectivity index (χ0v) is 16.2. The van der Waals surface area contributed by atoms with Gasteiger partial charge in [0.05, 0.1) is 25.4 Å². The third-order valence-electron chi connectivity index (χ3n) is 3.50. The Morgan fingerprint density at radius 1 is 0.962 bits per heavy atom. The molecule has 0 aliphatic rings. The average molecular weight is 367 g/mol. The average Bonchev–Trinajstić information content (AvgIpc) is 2.62. The van der Waals surface area contributed by atoms with Crippen molar-refractivity contribution in [3.63, 3.8) is 0 Å². The van der Waals surface area contributed by atoms with Crippen LogP contribution in [0.5, 0.6) is 17.2 Å². The molecule has 0 aliphatic carbocycles. The first-order valence-electron chi connectivity index (χ1n) is 8.99. The Hall–Kier alpha value is -2.44. The van der Waals surface area contributed by atoms with Crippen LogP contribution >= 0.6 is 0 Å². The van der Waals surface area contributed by atoms with Crippen LogP contribution in [-0.4, -0.2) is 44.3 Å². The minimum Gasteiger partial charge on any atom is -0.490 e. The SMILES string of the molecule is CCOc1cc(C(=O)OCC(=O)N[C@@H](C)CC)cc(OCC)c1OCC. The van der Waals surface area contributed by atoms with E-state index in [-0.39, 0.29) is 24.1 Å². The molecule has 0 aromatic heterocycles. The lowest BCUT2D eigenvalue weighted by atomic mass is 10.2. The lowest BCUT2D eigenvalue weighted by molar-refractivity contribution is -0.124. The van der Waals surface area contributed by atoms with Crippen molar-refractivity contribution >= 4 is 11.9 Å². The van der Waals surface area contributed by atoms with Crippen LogP contribution in [0.4, 0.5) is 0 Å². The third-order valence-corrected chi connectivity index (χ3v) is 3.50. The number of hydrogen-bond donors (Lipinski definition) is 1. The molecule has 146 valence electrons. The number of amides is 1. The Morgan fingerprint density at radius 3 is 1.96 bits per heavy atom. The number of nitrogens with one attached hydrogen (secondary N) is 1. The molecular formula is C19H29NO6. The van der Waals surface area contributed by atoms with Gasteiger partial charge in [0, 0.05) is 6.04 Å². The molecule has 0 saturated carbocycles. The summed E-state index contributed by atoms with van der Waals surface area (Å²) < 4.78 is 21.8. The van der Waals surface area contributed by atoms with Crippen LogP contribution in [0, 0.1) is 0 Å². The first-order valence-corrected chi connectivity index (χ1v) is 8.99. The molecule has 0 saturated heterocycles. The molecule has 1 rings (SSSR count). The lowest BCUT2D eigenvalue weighted by Gasteiger charge is -2.17. The first kappa shape index (κ1) is 21.6. The highest BCUT2D eigenvalue weighted by Gasteiger charge is 2.20. The molecule has 1 amide bonds. The van der Waals surface area contributed by atoms with Crippen LogP contribution in [0.1, 0.15) is 51.4 Å². The van der Waals surface area contributed by atoms with E-state index in [1.54, 1.807) is 0 Å². The first-order chi connectivity index (χ1) is 12.5. The summed E-state index contributed by atoms with van der Waals surface area (Å²) in [6, 6.07) is 3.10. The van der Waals surface area contributed by atoms with Crippen LogP contribution < -0.4 is 19.5 Å². The second-order valence-corrected chi connectivity index (χ2v) is 5.55. The largest absolute Gasteiger partial charge is 0.490 e. The molecule has 1 aromatic rings. The van der Waals surface area contributed by atoms with Gasteiger partial charge in [0.1, 0.15) is 0 Å². The molecule has 0 heterocycles. The molecule has 1 N–H and O–H groups in total. The number of ether oxygens (including phenoxy) is 4. The minimum absolute atomic E-state index is 0.0285. The van der Waals surface area contributed by atoms with E-state index in [0.717, 1.165) is 6.42 Å². The summed E-state index contributed by atoms with van der Waals surface area (Å²) in [6.45, 7) is 10.3. The van der Waals surface area contributed by atoms with Crippen LogP contribution in [0.25, 0.3) is 0 Å². The smallest absolute Gasteiger partial charge is 0.338 e. The summed E-state index contributed by atoms with van der Waals surface area (Å²) in [7, 11) is 0. The van der Waals surface area contributed by atoms with Gasteiger partial charge in [-0.1, -0.05) is 6.92 Å². The molecule has 0 fully saturated rings. The fourth-order valence-electron chi connectivity index (χ4n) is 2.14. The van der Waals surface area contributed by atoms with E-state index in [1.165, 1.54) is 12.1 Å². The number of rotatable bonds is 11. The Bertz CT molecular complexity index is 575. The van der Waals surface area contributed by atoms with Gasteiger partial charge in [-0.3, -0.25) is 4.79 Å². The molecule has 0 unspecified atom stereocenters. The molecule has 1 atom stereocenters. The van der Waals surface area contributed by atoms with Gasteiger partial charge < -0.3 is 24.3 Å². The summed E-state index contributed by atoms with van der Waals surface area (Å²) in [6.07, 6.45) is 0.800. The number of hydrogen-bond acceptors (Lipinski definition) is 6. The van der Waals surface area contributed by atoms with Crippen molar-refractivity contribution in [3.05, 3.63) is 17.7 Å². The summed E-state index contributed by atoms with van der Waals surface area (Å²) in [5.74, 6) is 0.276. The van der Waals surface area contributed by atoms with Gasteiger partial charge in [-0.15, -0.1) is 0 Å². The number of carbonyl (C=O) groups is 2. The summed E-state index contributed by atoms with van der Waals surface area (Å²) in [5, 5.41) is 2.74. The Labute approximate surface area is 155 Å². The van der Waals surface area contributed by atoms with E-state index in [2.05, 4.69) is 5.32 Å². The van der Waals surface area contributed by atoms with Gasteiger partial charge in [0.15, 0.2) is 18.1 Å². The van der Waals surface area contributed by atoms with Crippen molar-refractivity contribution in [2.45, 2.75) is 47.1 Å². The van der Waals surface area contributed by atoms with Crippen molar-refractivity contribution in [3.8, 4) is 17.2 Å². The topological polar surface area (TPSA) is 83.1 Å². The Morgan fingerprint density at radius 2 is 1.50 bits per heavy atom. The normalized spacial score (nSPS) is 11.4.